The quantitative estimate of drug-likeness (QED) is 0.581. The monoisotopic (exact) mass is 472 g/mol. The predicted molar refractivity (Wildman–Crippen MR) is 119 cm³/mol. The zero-order valence-corrected chi connectivity index (χ0v) is 18.5. The molecule has 0 bridgehead atoms. The van der Waals surface area contributed by atoms with Crippen LogP contribution in [0.25, 0.3) is 0 Å². The van der Waals surface area contributed by atoms with Crippen molar-refractivity contribution in [2.75, 3.05) is 12.4 Å². The number of amides is 1. The Labute approximate surface area is 194 Å². The number of ether oxygens (including phenoxy) is 1. The van der Waals surface area contributed by atoms with E-state index in [1.54, 1.807) is 19.1 Å². The number of nitrogens with one attached hydrogen (secondary N) is 2. The Hall–Kier alpha value is -3.75. The minimum atomic E-state index is -4.55. The Morgan fingerprint density at radius 2 is 1.94 bits per heavy atom. The number of benzene rings is 2. The smallest absolute Gasteiger partial charge is 0.416 e. The average molecular weight is 472 g/mol. The van der Waals surface area contributed by atoms with Crippen molar-refractivity contribution in [3.8, 4) is 11.5 Å². The van der Waals surface area contributed by atoms with Crippen LogP contribution in [0.15, 0.2) is 65.0 Å². The van der Waals surface area contributed by atoms with Gasteiger partial charge < -0.3 is 20.5 Å². The maximum absolute atomic E-state index is 13.4. The van der Waals surface area contributed by atoms with Gasteiger partial charge in [-0.1, -0.05) is 12.1 Å². The summed E-state index contributed by atoms with van der Waals surface area (Å²) in [6, 6.07) is 8.95. The van der Waals surface area contributed by atoms with Crippen LogP contribution in [0.1, 0.15) is 43.2 Å². The topological polar surface area (TPSA) is 87.7 Å². The number of hydrogen-bond acceptors (Lipinski definition) is 5. The number of phenolic OH excluding ortho intramolecular Hbond substituents is 1. The van der Waals surface area contributed by atoms with E-state index in [4.69, 9.17) is 4.74 Å². The number of hydrogen-bond donors (Lipinski definition) is 3. The fourth-order valence-corrected chi connectivity index (χ4v) is 4.46. The van der Waals surface area contributed by atoms with E-state index in [0.717, 1.165) is 17.8 Å². The lowest BCUT2D eigenvalue weighted by atomic mass is 9.75. The van der Waals surface area contributed by atoms with Gasteiger partial charge in [-0.3, -0.25) is 9.59 Å². The normalized spacial score (nSPS) is 18.4. The van der Waals surface area contributed by atoms with Crippen molar-refractivity contribution >= 4 is 17.4 Å². The molecule has 9 heteroatoms. The highest BCUT2D eigenvalue weighted by Crippen LogP contribution is 2.44. The number of aromatic hydroxyl groups is 1. The molecule has 0 saturated carbocycles. The summed E-state index contributed by atoms with van der Waals surface area (Å²) in [6.07, 6.45) is -2.92. The molecule has 178 valence electrons. The largest absolute Gasteiger partial charge is 0.504 e. The lowest BCUT2D eigenvalue weighted by Gasteiger charge is -2.34. The number of Topliss-reactive ketones (excluding diaryl/α,β-unsaturated/α-hetero) is 1. The van der Waals surface area contributed by atoms with Crippen LogP contribution < -0.4 is 15.4 Å². The molecule has 1 aliphatic carbocycles. The first-order chi connectivity index (χ1) is 16.1. The number of dihydropyridines is 1. The van der Waals surface area contributed by atoms with Crippen molar-refractivity contribution < 1.29 is 32.6 Å². The first-order valence-electron chi connectivity index (χ1n) is 10.7. The Balaban J connectivity index is 1.78. The molecule has 1 amide bonds. The summed E-state index contributed by atoms with van der Waals surface area (Å²) in [4.78, 5) is 26.4. The molecule has 4 rings (SSSR count). The second kappa shape index (κ2) is 8.89. The Kier molecular flexibility index (Phi) is 6.12. The van der Waals surface area contributed by atoms with Crippen LogP contribution in [0.3, 0.4) is 0 Å². The number of anilines is 1. The maximum atomic E-state index is 13.4. The maximum Gasteiger partial charge on any atom is 0.416 e. The van der Waals surface area contributed by atoms with Crippen LogP contribution in [-0.4, -0.2) is 23.9 Å². The van der Waals surface area contributed by atoms with Gasteiger partial charge in [0, 0.05) is 40.6 Å². The molecule has 1 heterocycles. The van der Waals surface area contributed by atoms with E-state index < -0.39 is 23.6 Å². The number of alkyl halides is 3. The second-order valence-corrected chi connectivity index (χ2v) is 8.23. The SMILES string of the molecule is COc1cc(C2C(C(=O)Nc3cccc(C(F)(F)F)c3)=C(C)NC3=C2C(=O)CCC3)ccc1O. The number of allylic oxidation sites excluding steroid dienone is 3. The standard InChI is InChI=1S/C25H23F3N2O4/c1-13-21(24(33)30-16-6-3-5-15(12-16)25(26,27)28)22(14-9-10-18(31)20(11-14)34-2)23-17(29-13)7-4-8-19(23)32/h3,5-6,9-12,22,29,31H,4,7-8H2,1-2H3,(H,30,33). The van der Waals surface area contributed by atoms with Crippen molar-refractivity contribution in [3.05, 3.63) is 76.1 Å². The summed E-state index contributed by atoms with van der Waals surface area (Å²) in [5.41, 5.74) is 1.52. The molecule has 34 heavy (non-hydrogen) atoms. The highest BCUT2D eigenvalue weighted by atomic mass is 19.4. The molecule has 0 aromatic heterocycles. The summed E-state index contributed by atoms with van der Waals surface area (Å²) >= 11 is 0. The zero-order chi connectivity index (χ0) is 24.6. The zero-order valence-electron chi connectivity index (χ0n) is 18.5. The number of carbonyl (C=O) groups is 2. The third-order valence-electron chi connectivity index (χ3n) is 6.01. The number of halogens is 3. The highest BCUT2D eigenvalue weighted by molar-refractivity contribution is 6.09. The third-order valence-corrected chi connectivity index (χ3v) is 6.01. The van der Waals surface area contributed by atoms with Crippen molar-refractivity contribution in [3.63, 3.8) is 0 Å². The van der Waals surface area contributed by atoms with Crippen LogP contribution in [0.2, 0.25) is 0 Å². The molecule has 6 nitrogen and oxygen atoms in total. The molecule has 3 N–H and O–H groups in total. The molecule has 0 radical (unpaired) electrons. The highest BCUT2D eigenvalue weighted by Gasteiger charge is 2.39. The first-order valence-corrected chi connectivity index (χ1v) is 10.7. The Morgan fingerprint density at radius 1 is 1.18 bits per heavy atom. The van der Waals surface area contributed by atoms with E-state index in [2.05, 4.69) is 10.6 Å². The second-order valence-electron chi connectivity index (χ2n) is 8.23. The molecule has 0 saturated heterocycles. The molecule has 1 aliphatic heterocycles. The van der Waals surface area contributed by atoms with E-state index in [1.807, 2.05) is 0 Å². The molecule has 1 atom stereocenters. The minimum Gasteiger partial charge on any atom is -0.504 e. The number of phenols is 1. The van der Waals surface area contributed by atoms with E-state index in [1.165, 1.54) is 25.3 Å². The molecule has 1 unspecified atom stereocenters. The summed E-state index contributed by atoms with van der Waals surface area (Å²) in [5, 5.41) is 15.7. The van der Waals surface area contributed by atoms with E-state index >= 15 is 0 Å². The van der Waals surface area contributed by atoms with Crippen LogP contribution >= 0.6 is 0 Å². The van der Waals surface area contributed by atoms with Gasteiger partial charge in [0.25, 0.3) is 5.91 Å². The predicted octanol–water partition coefficient (Wildman–Crippen LogP) is 5.03. The van der Waals surface area contributed by atoms with Crippen molar-refractivity contribution in [2.24, 2.45) is 0 Å². The Morgan fingerprint density at radius 3 is 2.65 bits per heavy atom. The fourth-order valence-electron chi connectivity index (χ4n) is 4.46. The van der Waals surface area contributed by atoms with Crippen molar-refractivity contribution in [1.29, 1.82) is 0 Å². The van der Waals surface area contributed by atoms with Crippen molar-refractivity contribution in [2.45, 2.75) is 38.3 Å². The summed E-state index contributed by atoms with van der Waals surface area (Å²) in [5.74, 6) is -1.44. The summed E-state index contributed by atoms with van der Waals surface area (Å²) in [6.45, 7) is 1.69. The summed E-state index contributed by atoms with van der Waals surface area (Å²) < 4.78 is 44.6. The molecular formula is C25H23F3N2O4. The van der Waals surface area contributed by atoms with Gasteiger partial charge in [-0.15, -0.1) is 0 Å². The van der Waals surface area contributed by atoms with Crippen LogP contribution in [0.4, 0.5) is 18.9 Å². The lowest BCUT2D eigenvalue weighted by Crippen LogP contribution is -2.35. The third kappa shape index (κ3) is 4.37. The van der Waals surface area contributed by atoms with Crippen molar-refractivity contribution in [1.82, 2.24) is 5.32 Å². The van der Waals surface area contributed by atoms with Crippen LogP contribution in [-0.2, 0) is 15.8 Å². The first kappa shape index (κ1) is 23.4. The van der Waals surface area contributed by atoms with E-state index in [9.17, 15) is 27.9 Å². The van der Waals surface area contributed by atoms with Gasteiger partial charge in [0.1, 0.15) is 0 Å². The van der Waals surface area contributed by atoms with Gasteiger partial charge >= 0.3 is 6.18 Å². The molecule has 2 aromatic rings. The van der Waals surface area contributed by atoms with Crippen LogP contribution in [0.5, 0.6) is 11.5 Å². The van der Waals surface area contributed by atoms with Gasteiger partial charge in [0.15, 0.2) is 17.3 Å². The van der Waals surface area contributed by atoms with Gasteiger partial charge in [0.05, 0.1) is 12.7 Å². The van der Waals surface area contributed by atoms with Crippen LogP contribution in [0, 0.1) is 0 Å². The number of methoxy groups -OCH3 is 1. The Bertz CT molecular complexity index is 1230. The molecule has 2 aliphatic rings. The fraction of sp³-hybridized carbons (Fsp3) is 0.280. The average Bonchev–Trinajstić information content (AvgIpc) is 2.78. The number of carbonyl (C=O) groups excluding carboxylic acids is 2. The molecule has 0 fully saturated rings. The summed E-state index contributed by atoms with van der Waals surface area (Å²) in [7, 11) is 1.39. The minimum absolute atomic E-state index is 0.0168. The molecule has 0 spiro atoms. The van der Waals surface area contributed by atoms with E-state index in [-0.39, 0.29) is 28.5 Å². The van der Waals surface area contributed by atoms with Gasteiger partial charge in [-0.05, 0) is 55.7 Å². The number of ketones is 1. The van der Waals surface area contributed by atoms with E-state index in [0.29, 0.717) is 36.1 Å². The molecular weight excluding hydrogens is 449 g/mol. The molecule has 2 aromatic carbocycles. The number of rotatable bonds is 4. The van der Waals surface area contributed by atoms with Gasteiger partial charge in [0.2, 0.25) is 0 Å². The van der Waals surface area contributed by atoms with Gasteiger partial charge in [-0.25, -0.2) is 0 Å². The lowest BCUT2D eigenvalue weighted by molar-refractivity contribution is -0.137. The van der Waals surface area contributed by atoms with Gasteiger partial charge in [-0.2, -0.15) is 13.2 Å².